The van der Waals surface area contributed by atoms with E-state index in [1.807, 2.05) is 36.6 Å². The topological polar surface area (TPSA) is 63.3 Å². The number of nitrogens with zero attached hydrogens (tertiary/aromatic N) is 1. The van der Waals surface area contributed by atoms with E-state index in [1.165, 1.54) is 11.3 Å². The van der Waals surface area contributed by atoms with E-state index in [0.29, 0.717) is 10.8 Å². The van der Waals surface area contributed by atoms with E-state index in [9.17, 15) is 9.90 Å². The summed E-state index contributed by atoms with van der Waals surface area (Å²) in [6, 6.07) is 9.31. The number of hydrogen-bond donors (Lipinski definition) is 1. The molecule has 0 amide bonds. The number of carboxylic acids is 1. The largest absolute Gasteiger partial charge is 0.477 e. The first-order valence-corrected chi connectivity index (χ1v) is 7.85. The summed E-state index contributed by atoms with van der Waals surface area (Å²) in [6.07, 6.45) is 1.65. The number of fused-ring (bicyclic) bond motifs is 1. The number of carbonyl (C=O) groups is 1. The molecule has 3 aromatic rings. The Labute approximate surface area is 129 Å². The smallest absolute Gasteiger partial charge is 0.342 e. The summed E-state index contributed by atoms with van der Waals surface area (Å²) in [6.45, 7) is 1.95. The van der Waals surface area contributed by atoms with Crippen LogP contribution in [0.1, 0.15) is 10.4 Å². The molecule has 0 radical (unpaired) electrons. The maximum Gasteiger partial charge on any atom is 0.342 e. The zero-order valence-corrected chi connectivity index (χ0v) is 12.7. The van der Waals surface area contributed by atoms with E-state index >= 15 is 0 Å². The number of benzene rings is 1. The number of aryl methyl sites for hydroxylation is 1. The fourth-order valence-electron chi connectivity index (χ4n) is 1.78. The van der Waals surface area contributed by atoms with Crippen LogP contribution in [0.15, 0.2) is 50.3 Å². The quantitative estimate of drug-likeness (QED) is 0.570. The van der Waals surface area contributed by atoms with Crippen LogP contribution in [0.4, 0.5) is 0 Å². The van der Waals surface area contributed by atoms with Crippen molar-refractivity contribution in [3.05, 3.63) is 51.1 Å². The molecule has 0 aliphatic carbocycles. The van der Waals surface area contributed by atoms with Gasteiger partial charge in [-0.1, -0.05) is 12.1 Å². The first-order valence-electron chi connectivity index (χ1n) is 6.16. The molecule has 1 aromatic carbocycles. The van der Waals surface area contributed by atoms with E-state index in [2.05, 4.69) is 4.98 Å². The summed E-state index contributed by atoms with van der Waals surface area (Å²) in [5.74, 6) is -0.991. The Hall–Kier alpha value is -2.05. The summed E-state index contributed by atoms with van der Waals surface area (Å²) in [5.41, 5.74) is 2.42. The molecule has 1 N–H and O–H groups in total. The first-order chi connectivity index (χ1) is 10.1. The molecular formula is C15H11NO3S2. The third kappa shape index (κ3) is 3.01. The fourth-order valence-corrected chi connectivity index (χ4v) is 3.44. The second-order valence-electron chi connectivity index (χ2n) is 4.33. The third-order valence-electron chi connectivity index (χ3n) is 2.85. The van der Waals surface area contributed by atoms with Gasteiger partial charge in [0.25, 0.3) is 5.22 Å². The van der Waals surface area contributed by atoms with Crippen molar-refractivity contribution < 1.29 is 14.3 Å². The van der Waals surface area contributed by atoms with Crippen molar-refractivity contribution in [3.63, 3.8) is 0 Å². The maximum atomic E-state index is 11.4. The predicted octanol–water partition coefficient (Wildman–Crippen LogP) is 4.42. The minimum atomic E-state index is -0.991. The molecule has 0 bridgehead atoms. The predicted molar refractivity (Wildman–Crippen MR) is 84.5 cm³/mol. The minimum Gasteiger partial charge on any atom is -0.477 e. The highest BCUT2D eigenvalue weighted by molar-refractivity contribution is 8.03. The zero-order chi connectivity index (χ0) is 14.8. The van der Waals surface area contributed by atoms with Crippen LogP contribution >= 0.6 is 23.1 Å². The molecular weight excluding hydrogens is 306 g/mol. The molecule has 2 heterocycles. The lowest BCUT2D eigenvalue weighted by Crippen LogP contribution is -1.96. The maximum absolute atomic E-state index is 11.4. The summed E-state index contributed by atoms with van der Waals surface area (Å²) in [5, 5.41) is 11.6. The molecule has 21 heavy (non-hydrogen) atoms. The van der Waals surface area contributed by atoms with Gasteiger partial charge in [0.1, 0.15) is 10.4 Å². The van der Waals surface area contributed by atoms with Crippen LogP contribution < -0.4 is 0 Å². The highest BCUT2D eigenvalue weighted by Gasteiger charge is 2.15. The lowest BCUT2D eigenvalue weighted by atomic mass is 10.3. The summed E-state index contributed by atoms with van der Waals surface area (Å²) in [7, 11) is 0. The lowest BCUT2D eigenvalue weighted by Gasteiger charge is -1.98. The van der Waals surface area contributed by atoms with Gasteiger partial charge in [-0.3, -0.25) is 0 Å². The number of oxazole rings is 1. The van der Waals surface area contributed by atoms with Crippen molar-refractivity contribution in [3.8, 4) is 0 Å². The van der Waals surface area contributed by atoms with Crippen molar-refractivity contribution in [2.24, 2.45) is 0 Å². The van der Waals surface area contributed by atoms with Gasteiger partial charge in [0, 0.05) is 4.88 Å². The molecule has 3 rings (SSSR count). The van der Waals surface area contributed by atoms with E-state index in [1.54, 1.807) is 12.1 Å². The van der Waals surface area contributed by atoms with Crippen molar-refractivity contribution in [1.82, 2.24) is 4.98 Å². The number of hydrogen-bond acceptors (Lipinski definition) is 5. The Kier molecular flexibility index (Phi) is 3.81. The van der Waals surface area contributed by atoms with Crippen LogP contribution in [0.2, 0.25) is 0 Å². The molecule has 4 nitrogen and oxygen atoms in total. The Bertz CT molecular complexity index is 799. The average molecular weight is 317 g/mol. The number of rotatable bonds is 4. The minimum absolute atomic E-state index is 0.187. The van der Waals surface area contributed by atoms with Gasteiger partial charge in [0.15, 0.2) is 5.58 Å². The Morgan fingerprint density at radius 2 is 2.19 bits per heavy atom. The molecule has 0 aliphatic heterocycles. The monoisotopic (exact) mass is 317 g/mol. The lowest BCUT2D eigenvalue weighted by molar-refractivity contribution is -0.131. The highest BCUT2D eigenvalue weighted by Crippen LogP contribution is 2.32. The van der Waals surface area contributed by atoms with Crippen molar-refractivity contribution in [2.45, 2.75) is 12.1 Å². The molecule has 0 unspecified atom stereocenters. The van der Waals surface area contributed by atoms with Crippen LogP contribution in [0, 0.1) is 6.92 Å². The van der Waals surface area contributed by atoms with Gasteiger partial charge in [0.2, 0.25) is 0 Å². The summed E-state index contributed by atoms with van der Waals surface area (Å²) >= 11 is 2.53. The highest BCUT2D eigenvalue weighted by atomic mass is 32.2. The van der Waals surface area contributed by atoms with Crippen LogP contribution in [-0.4, -0.2) is 16.1 Å². The Balaban J connectivity index is 1.94. The standard InChI is InChI=1S/C15H11NO3S2/c1-9-6-7-20-12(9)8-13(14(17)18)21-15-16-10-4-2-3-5-11(10)19-15/h2-8H,1H3,(H,17,18)/b13-8-. The second kappa shape index (κ2) is 5.75. The van der Waals surface area contributed by atoms with Crippen LogP contribution in [-0.2, 0) is 4.79 Å². The van der Waals surface area contributed by atoms with Gasteiger partial charge in [-0.15, -0.1) is 11.3 Å². The van der Waals surface area contributed by atoms with E-state index in [4.69, 9.17) is 4.42 Å². The van der Waals surface area contributed by atoms with Gasteiger partial charge >= 0.3 is 5.97 Å². The van der Waals surface area contributed by atoms with Crippen LogP contribution in [0.3, 0.4) is 0 Å². The van der Waals surface area contributed by atoms with E-state index in [0.717, 1.165) is 27.7 Å². The molecule has 0 saturated heterocycles. The molecule has 2 aromatic heterocycles. The number of thiophene rings is 1. The SMILES string of the molecule is Cc1ccsc1/C=C(\Sc1nc2ccccc2o1)C(=O)O. The molecule has 0 fully saturated rings. The van der Waals surface area contributed by atoms with Crippen molar-refractivity contribution in [1.29, 1.82) is 0 Å². The second-order valence-corrected chi connectivity index (χ2v) is 6.27. The molecule has 0 spiro atoms. The summed E-state index contributed by atoms with van der Waals surface area (Å²) < 4.78 is 5.55. The van der Waals surface area contributed by atoms with Gasteiger partial charge in [-0.2, -0.15) is 0 Å². The molecule has 106 valence electrons. The van der Waals surface area contributed by atoms with E-state index < -0.39 is 5.97 Å². The normalized spacial score (nSPS) is 12.0. The molecule has 6 heteroatoms. The molecule has 0 atom stereocenters. The van der Waals surface area contributed by atoms with E-state index in [-0.39, 0.29) is 4.91 Å². The van der Waals surface area contributed by atoms with Gasteiger partial charge in [-0.05, 0) is 53.9 Å². The number of aromatic nitrogens is 1. The third-order valence-corrected chi connectivity index (χ3v) is 4.67. The Morgan fingerprint density at radius 3 is 2.86 bits per heavy atom. The fraction of sp³-hybridized carbons (Fsp3) is 0.0667. The van der Waals surface area contributed by atoms with Crippen LogP contribution in [0.5, 0.6) is 0 Å². The molecule has 0 aliphatic rings. The average Bonchev–Trinajstić information content (AvgIpc) is 3.04. The zero-order valence-electron chi connectivity index (χ0n) is 11.1. The summed E-state index contributed by atoms with van der Waals surface area (Å²) in [4.78, 5) is 16.8. The number of thioether (sulfide) groups is 1. The number of para-hydroxylation sites is 2. The van der Waals surface area contributed by atoms with Crippen LogP contribution in [0.25, 0.3) is 17.2 Å². The first kappa shape index (κ1) is 13.9. The number of carboxylic acid groups (broad SMARTS) is 1. The number of aliphatic carboxylic acids is 1. The Morgan fingerprint density at radius 1 is 1.38 bits per heavy atom. The van der Waals surface area contributed by atoms with Gasteiger partial charge < -0.3 is 9.52 Å². The van der Waals surface area contributed by atoms with Gasteiger partial charge in [-0.25, -0.2) is 9.78 Å². The molecule has 0 saturated carbocycles. The van der Waals surface area contributed by atoms with Gasteiger partial charge in [0.05, 0.1) is 0 Å². The van der Waals surface area contributed by atoms with Crippen molar-refractivity contribution >= 4 is 46.2 Å². The van der Waals surface area contributed by atoms with Crippen molar-refractivity contribution in [2.75, 3.05) is 0 Å².